The molecular weight excluding hydrogens is 378 g/mol. The zero-order chi connectivity index (χ0) is 18.6. The van der Waals surface area contributed by atoms with E-state index in [0.717, 1.165) is 5.56 Å². The first kappa shape index (κ1) is 18.4. The quantitative estimate of drug-likeness (QED) is 0.662. The first-order valence-corrected chi connectivity index (χ1v) is 9.65. The summed E-state index contributed by atoms with van der Waals surface area (Å²) < 4.78 is 37.5. The Kier molecular flexibility index (Phi) is 5.55. The number of aromatic nitrogens is 2. The Morgan fingerprint density at radius 1 is 1.12 bits per heavy atom. The molecule has 3 aromatic rings. The van der Waals surface area contributed by atoms with E-state index in [9.17, 15) is 8.42 Å². The largest absolute Gasteiger partial charge is 0.494 e. The third kappa shape index (κ3) is 4.40. The number of hydrogen-bond donors (Lipinski definition) is 1. The first-order valence-electron chi connectivity index (χ1n) is 7.79. The van der Waals surface area contributed by atoms with Crippen LogP contribution in [0.5, 0.6) is 5.75 Å². The molecule has 0 spiro atoms. The Bertz CT molecular complexity index is 970. The van der Waals surface area contributed by atoms with Crippen molar-refractivity contribution in [2.75, 3.05) is 6.61 Å². The van der Waals surface area contributed by atoms with E-state index in [1.165, 1.54) is 12.1 Å². The van der Waals surface area contributed by atoms with Gasteiger partial charge in [-0.3, -0.25) is 0 Å². The third-order valence-electron chi connectivity index (χ3n) is 3.43. The van der Waals surface area contributed by atoms with Crippen LogP contribution in [0.2, 0.25) is 5.02 Å². The van der Waals surface area contributed by atoms with Crippen molar-refractivity contribution in [2.45, 2.75) is 18.4 Å². The fourth-order valence-electron chi connectivity index (χ4n) is 2.16. The van der Waals surface area contributed by atoms with Crippen molar-refractivity contribution in [3.05, 3.63) is 59.4 Å². The summed E-state index contributed by atoms with van der Waals surface area (Å²) in [6.07, 6.45) is 0. The second-order valence-electron chi connectivity index (χ2n) is 5.25. The summed E-state index contributed by atoms with van der Waals surface area (Å²) in [7, 11) is -3.70. The van der Waals surface area contributed by atoms with Gasteiger partial charge in [0.15, 0.2) is 0 Å². The van der Waals surface area contributed by atoms with Crippen molar-refractivity contribution in [3.8, 4) is 17.1 Å². The summed E-state index contributed by atoms with van der Waals surface area (Å²) >= 11 is 5.84. The maximum atomic E-state index is 12.3. The van der Waals surface area contributed by atoms with Crippen LogP contribution in [0.4, 0.5) is 0 Å². The maximum absolute atomic E-state index is 12.3. The molecule has 1 heterocycles. The SMILES string of the molecule is CCOc1ccc(S(=O)(=O)NCc2nc(-c3ccc(Cl)cc3)no2)cc1. The lowest BCUT2D eigenvalue weighted by atomic mass is 10.2. The third-order valence-corrected chi connectivity index (χ3v) is 5.10. The number of benzene rings is 2. The molecule has 0 amide bonds. The predicted molar refractivity (Wildman–Crippen MR) is 96.4 cm³/mol. The van der Waals surface area contributed by atoms with Crippen LogP contribution in [-0.4, -0.2) is 25.2 Å². The van der Waals surface area contributed by atoms with Crippen LogP contribution in [-0.2, 0) is 16.6 Å². The Morgan fingerprint density at radius 2 is 1.81 bits per heavy atom. The Balaban J connectivity index is 1.67. The minimum Gasteiger partial charge on any atom is -0.494 e. The van der Waals surface area contributed by atoms with E-state index in [1.54, 1.807) is 36.4 Å². The minimum atomic E-state index is -3.70. The molecule has 0 radical (unpaired) electrons. The van der Waals surface area contributed by atoms with Gasteiger partial charge in [0.05, 0.1) is 18.0 Å². The molecule has 1 aromatic heterocycles. The van der Waals surface area contributed by atoms with Crippen molar-refractivity contribution in [3.63, 3.8) is 0 Å². The molecule has 136 valence electrons. The second kappa shape index (κ2) is 7.86. The summed E-state index contributed by atoms with van der Waals surface area (Å²) in [5, 5.41) is 4.44. The molecule has 0 aliphatic rings. The molecule has 0 saturated heterocycles. The Labute approximate surface area is 156 Å². The van der Waals surface area contributed by atoms with E-state index in [0.29, 0.717) is 23.2 Å². The van der Waals surface area contributed by atoms with Gasteiger partial charge in [0.2, 0.25) is 21.7 Å². The second-order valence-corrected chi connectivity index (χ2v) is 7.45. The van der Waals surface area contributed by atoms with Gasteiger partial charge in [-0.05, 0) is 55.5 Å². The molecule has 0 unspecified atom stereocenters. The molecule has 7 nitrogen and oxygen atoms in total. The molecule has 0 aliphatic carbocycles. The summed E-state index contributed by atoms with van der Waals surface area (Å²) in [5.41, 5.74) is 0.721. The highest BCUT2D eigenvalue weighted by Gasteiger charge is 2.16. The van der Waals surface area contributed by atoms with Crippen LogP contribution < -0.4 is 9.46 Å². The molecule has 2 aromatic carbocycles. The Hall–Kier alpha value is -2.42. The van der Waals surface area contributed by atoms with Gasteiger partial charge in [-0.25, -0.2) is 13.1 Å². The smallest absolute Gasteiger partial charge is 0.242 e. The predicted octanol–water partition coefficient (Wildman–Crippen LogP) is 3.27. The normalized spacial score (nSPS) is 11.5. The zero-order valence-electron chi connectivity index (χ0n) is 13.8. The van der Waals surface area contributed by atoms with E-state index >= 15 is 0 Å². The van der Waals surface area contributed by atoms with Crippen molar-refractivity contribution in [1.29, 1.82) is 0 Å². The average molecular weight is 394 g/mol. The fourth-order valence-corrected chi connectivity index (χ4v) is 3.27. The lowest BCUT2D eigenvalue weighted by molar-refractivity contribution is 0.340. The van der Waals surface area contributed by atoms with E-state index in [4.69, 9.17) is 20.9 Å². The van der Waals surface area contributed by atoms with Crippen LogP contribution in [0.1, 0.15) is 12.8 Å². The van der Waals surface area contributed by atoms with Gasteiger partial charge in [-0.2, -0.15) is 4.98 Å². The number of nitrogens with one attached hydrogen (secondary N) is 1. The average Bonchev–Trinajstić information content (AvgIpc) is 3.11. The van der Waals surface area contributed by atoms with E-state index in [1.807, 2.05) is 6.92 Å². The highest BCUT2D eigenvalue weighted by atomic mass is 35.5. The number of hydrogen-bond acceptors (Lipinski definition) is 6. The molecule has 3 rings (SSSR count). The van der Waals surface area contributed by atoms with Gasteiger partial charge in [0.1, 0.15) is 5.75 Å². The molecule has 26 heavy (non-hydrogen) atoms. The monoisotopic (exact) mass is 393 g/mol. The van der Waals surface area contributed by atoms with Crippen LogP contribution in [0.15, 0.2) is 57.9 Å². The highest BCUT2D eigenvalue weighted by Crippen LogP contribution is 2.19. The topological polar surface area (TPSA) is 94.3 Å². The van der Waals surface area contributed by atoms with Crippen LogP contribution in [0, 0.1) is 0 Å². The van der Waals surface area contributed by atoms with Gasteiger partial charge in [-0.1, -0.05) is 16.8 Å². The number of sulfonamides is 1. The van der Waals surface area contributed by atoms with E-state index in [-0.39, 0.29) is 17.3 Å². The minimum absolute atomic E-state index is 0.115. The van der Waals surface area contributed by atoms with Crippen molar-refractivity contribution < 1.29 is 17.7 Å². The number of halogens is 1. The lowest BCUT2D eigenvalue weighted by Crippen LogP contribution is -2.23. The highest BCUT2D eigenvalue weighted by molar-refractivity contribution is 7.89. The molecule has 0 aliphatic heterocycles. The summed E-state index contributed by atoms with van der Waals surface area (Å²) in [4.78, 5) is 4.30. The van der Waals surface area contributed by atoms with Gasteiger partial charge >= 0.3 is 0 Å². The fraction of sp³-hybridized carbons (Fsp3) is 0.176. The van der Waals surface area contributed by atoms with Crippen LogP contribution in [0.25, 0.3) is 11.4 Å². The van der Waals surface area contributed by atoms with Gasteiger partial charge in [-0.15, -0.1) is 0 Å². The summed E-state index contributed by atoms with van der Waals surface area (Å²) in [5.74, 6) is 1.12. The molecule has 1 N–H and O–H groups in total. The first-order chi connectivity index (χ1) is 12.5. The van der Waals surface area contributed by atoms with Crippen LogP contribution in [0.3, 0.4) is 0 Å². The van der Waals surface area contributed by atoms with Gasteiger partial charge in [0, 0.05) is 10.6 Å². The lowest BCUT2D eigenvalue weighted by Gasteiger charge is -2.06. The molecule has 0 saturated carbocycles. The molecule has 0 fully saturated rings. The maximum Gasteiger partial charge on any atom is 0.242 e. The number of rotatable bonds is 7. The van der Waals surface area contributed by atoms with Crippen LogP contribution >= 0.6 is 11.6 Å². The number of nitrogens with zero attached hydrogens (tertiary/aromatic N) is 2. The summed E-state index contributed by atoms with van der Waals surface area (Å²) in [6, 6.07) is 13.1. The summed E-state index contributed by atoms with van der Waals surface area (Å²) in [6.45, 7) is 2.25. The molecular formula is C17H16ClN3O4S. The standard InChI is InChI=1S/C17H16ClN3O4S/c1-2-24-14-7-9-15(10-8-14)26(22,23)19-11-16-20-17(21-25-16)12-3-5-13(18)6-4-12/h3-10,19H,2,11H2,1H3. The molecule has 0 bridgehead atoms. The van der Waals surface area contributed by atoms with Crippen molar-refractivity contribution in [1.82, 2.24) is 14.9 Å². The van der Waals surface area contributed by atoms with Crippen molar-refractivity contribution >= 4 is 21.6 Å². The van der Waals surface area contributed by atoms with E-state index < -0.39 is 10.0 Å². The Morgan fingerprint density at radius 3 is 2.46 bits per heavy atom. The number of ether oxygens (including phenoxy) is 1. The zero-order valence-corrected chi connectivity index (χ0v) is 15.4. The molecule has 9 heteroatoms. The molecule has 0 atom stereocenters. The van der Waals surface area contributed by atoms with Crippen molar-refractivity contribution in [2.24, 2.45) is 0 Å². The van der Waals surface area contributed by atoms with E-state index in [2.05, 4.69) is 14.9 Å². The van der Waals surface area contributed by atoms with Gasteiger partial charge in [0.25, 0.3) is 0 Å². The van der Waals surface area contributed by atoms with Gasteiger partial charge < -0.3 is 9.26 Å².